The van der Waals surface area contributed by atoms with Crippen LogP contribution in [0.4, 0.5) is 5.69 Å². The van der Waals surface area contributed by atoms with Crippen LogP contribution in [0.5, 0.6) is 0 Å². The van der Waals surface area contributed by atoms with E-state index in [0.29, 0.717) is 24.4 Å². The highest BCUT2D eigenvalue weighted by Crippen LogP contribution is 2.11. The average molecular weight is 320 g/mol. The SMILES string of the molecule is CC(C)CCC(=O)NCC(=O)Nc1ccc(CCC(=O)O)cc1. The van der Waals surface area contributed by atoms with Crippen molar-refractivity contribution in [2.45, 2.75) is 39.5 Å². The van der Waals surface area contributed by atoms with Crippen LogP contribution in [0.3, 0.4) is 0 Å². The summed E-state index contributed by atoms with van der Waals surface area (Å²) in [6.07, 6.45) is 1.75. The number of aryl methyl sites for hydroxylation is 1. The molecule has 0 saturated carbocycles. The Hall–Kier alpha value is -2.37. The summed E-state index contributed by atoms with van der Waals surface area (Å²) < 4.78 is 0. The molecule has 0 aliphatic rings. The van der Waals surface area contributed by atoms with Crippen molar-refractivity contribution >= 4 is 23.5 Å². The molecule has 0 bridgehead atoms. The summed E-state index contributed by atoms with van der Waals surface area (Å²) in [5, 5.41) is 13.9. The maximum atomic E-state index is 11.8. The topological polar surface area (TPSA) is 95.5 Å². The molecule has 0 radical (unpaired) electrons. The zero-order valence-electron chi connectivity index (χ0n) is 13.6. The third-order valence-electron chi connectivity index (χ3n) is 3.26. The van der Waals surface area contributed by atoms with E-state index in [-0.39, 0.29) is 24.8 Å². The third-order valence-corrected chi connectivity index (χ3v) is 3.26. The number of carboxylic acid groups (broad SMARTS) is 1. The van der Waals surface area contributed by atoms with Gasteiger partial charge in [0, 0.05) is 18.5 Å². The van der Waals surface area contributed by atoms with Gasteiger partial charge in [0.2, 0.25) is 11.8 Å². The fourth-order valence-electron chi connectivity index (χ4n) is 1.90. The van der Waals surface area contributed by atoms with Gasteiger partial charge in [-0.2, -0.15) is 0 Å². The van der Waals surface area contributed by atoms with Gasteiger partial charge in [-0.15, -0.1) is 0 Å². The van der Waals surface area contributed by atoms with Gasteiger partial charge in [0.05, 0.1) is 6.54 Å². The van der Waals surface area contributed by atoms with Gasteiger partial charge in [0.1, 0.15) is 0 Å². The Labute approximate surface area is 136 Å². The van der Waals surface area contributed by atoms with Crippen LogP contribution in [0.1, 0.15) is 38.7 Å². The minimum Gasteiger partial charge on any atom is -0.481 e. The molecule has 3 N–H and O–H groups in total. The molecule has 0 atom stereocenters. The lowest BCUT2D eigenvalue weighted by atomic mass is 10.1. The highest BCUT2D eigenvalue weighted by atomic mass is 16.4. The fraction of sp³-hybridized carbons (Fsp3) is 0.471. The van der Waals surface area contributed by atoms with Gasteiger partial charge >= 0.3 is 5.97 Å². The molecule has 0 saturated heterocycles. The van der Waals surface area contributed by atoms with Gasteiger partial charge in [0.15, 0.2) is 0 Å². The minimum absolute atomic E-state index is 0.0578. The van der Waals surface area contributed by atoms with E-state index < -0.39 is 5.97 Å². The second-order valence-corrected chi connectivity index (χ2v) is 5.85. The van der Waals surface area contributed by atoms with Crippen molar-refractivity contribution in [3.05, 3.63) is 29.8 Å². The minimum atomic E-state index is -0.837. The molecular weight excluding hydrogens is 296 g/mol. The first kappa shape index (κ1) is 18.7. The molecule has 0 fully saturated rings. The van der Waals surface area contributed by atoms with Crippen molar-refractivity contribution in [2.24, 2.45) is 5.92 Å². The number of hydrogen-bond acceptors (Lipinski definition) is 3. The predicted octanol–water partition coefficient (Wildman–Crippen LogP) is 2.19. The number of nitrogens with one attached hydrogen (secondary N) is 2. The quantitative estimate of drug-likeness (QED) is 0.650. The second-order valence-electron chi connectivity index (χ2n) is 5.85. The molecule has 2 amide bonds. The van der Waals surface area contributed by atoms with E-state index in [1.54, 1.807) is 24.3 Å². The Morgan fingerprint density at radius 1 is 1.04 bits per heavy atom. The number of carbonyl (C=O) groups is 3. The normalized spacial score (nSPS) is 10.4. The average Bonchev–Trinajstić information content (AvgIpc) is 2.50. The molecule has 1 aromatic carbocycles. The van der Waals surface area contributed by atoms with Crippen molar-refractivity contribution in [1.82, 2.24) is 5.32 Å². The highest BCUT2D eigenvalue weighted by Gasteiger charge is 2.07. The summed E-state index contributed by atoms with van der Waals surface area (Å²) in [6, 6.07) is 6.99. The molecule has 6 heteroatoms. The van der Waals surface area contributed by atoms with Crippen LogP contribution in [0.15, 0.2) is 24.3 Å². The van der Waals surface area contributed by atoms with Gasteiger partial charge in [-0.1, -0.05) is 26.0 Å². The number of hydrogen-bond donors (Lipinski definition) is 3. The summed E-state index contributed by atoms with van der Waals surface area (Å²) in [4.78, 5) is 33.8. The smallest absolute Gasteiger partial charge is 0.303 e. The predicted molar refractivity (Wildman–Crippen MR) is 88.1 cm³/mol. The number of aliphatic carboxylic acids is 1. The van der Waals surface area contributed by atoms with Crippen molar-refractivity contribution < 1.29 is 19.5 Å². The van der Waals surface area contributed by atoms with Crippen LogP contribution < -0.4 is 10.6 Å². The second kappa shape index (κ2) is 9.61. The van der Waals surface area contributed by atoms with E-state index in [1.807, 2.05) is 13.8 Å². The first-order valence-corrected chi connectivity index (χ1v) is 7.74. The molecule has 0 unspecified atom stereocenters. The standard InChI is InChI=1S/C17H24N2O4/c1-12(2)3-9-15(20)18-11-16(21)19-14-7-4-13(5-8-14)6-10-17(22)23/h4-5,7-8,12H,3,6,9-11H2,1-2H3,(H,18,20)(H,19,21)(H,22,23). The Morgan fingerprint density at radius 3 is 2.26 bits per heavy atom. The number of benzene rings is 1. The summed E-state index contributed by atoms with van der Waals surface area (Å²) in [5.74, 6) is -0.802. The first-order chi connectivity index (χ1) is 10.9. The van der Waals surface area contributed by atoms with Crippen LogP contribution in [0.25, 0.3) is 0 Å². The van der Waals surface area contributed by atoms with Gasteiger partial charge in [-0.3, -0.25) is 14.4 Å². The largest absolute Gasteiger partial charge is 0.481 e. The molecule has 23 heavy (non-hydrogen) atoms. The van der Waals surface area contributed by atoms with E-state index in [4.69, 9.17) is 5.11 Å². The lowest BCUT2D eigenvalue weighted by Crippen LogP contribution is -2.32. The van der Waals surface area contributed by atoms with Crippen molar-refractivity contribution in [3.63, 3.8) is 0 Å². The van der Waals surface area contributed by atoms with E-state index in [2.05, 4.69) is 10.6 Å². The Bertz CT molecular complexity index is 538. The maximum absolute atomic E-state index is 11.8. The van der Waals surface area contributed by atoms with Crippen molar-refractivity contribution in [1.29, 1.82) is 0 Å². The lowest BCUT2D eigenvalue weighted by Gasteiger charge is -2.08. The first-order valence-electron chi connectivity index (χ1n) is 7.74. The monoisotopic (exact) mass is 320 g/mol. The van der Waals surface area contributed by atoms with E-state index in [9.17, 15) is 14.4 Å². The summed E-state index contributed by atoms with van der Waals surface area (Å²) in [5.41, 5.74) is 1.51. The summed E-state index contributed by atoms with van der Waals surface area (Å²) >= 11 is 0. The van der Waals surface area contributed by atoms with Crippen LogP contribution in [-0.2, 0) is 20.8 Å². The Kier molecular flexibility index (Phi) is 7.80. The van der Waals surface area contributed by atoms with Crippen molar-refractivity contribution in [2.75, 3.05) is 11.9 Å². The number of rotatable bonds is 9. The van der Waals surface area contributed by atoms with Crippen LogP contribution in [0, 0.1) is 5.92 Å². The summed E-state index contributed by atoms with van der Waals surface area (Å²) in [6.45, 7) is 4.03. The van der Waals surface area contributed by atoms with Crippen LogP contribution in [0.2, 0.25) is 0 Å². The highest BCUT2D eigenvalue weighted by molar-refractivity contribution is 5.94. The molecule has 0 heterocycles. The molecule has 0 spiro atoms. The van der Waals surface area contributed by atoms with Gasteiger partial charge in [-0.05, 0) is 36.5 Å². The number of anilines is 1. The molecule has 1 rings (SSSR count). The number of amides is 2. The molecule has 0 aliphatic heterocycles. The molecule has 0 aromatic heterocycles. The van der Waals surface area contributed by atoms with Crippen LogP contribution in [-0.4, -0.2) is 29.4 Å². The van der Waals surface area contributed by atoms with Gasteiger partial charge in [0.25, 0.3) is 0 Å². The van der Waals surface area contributed by atoms with Gasteiger partial charge < -0.3 is 15.7 Å². The van der Waals surface area contributed by atoms with E-state index >= 15 is 0 Å². The van der Waals surface area contributed by atoms with E-state index in [0.717, 1.165) is 12.0 Å². The molecule has 6 nitrogen and oxygen atoms in total. The molecular formula is C17H24N2O4. The summed E-state index contributed by atoms with van der Waals surface area (Å²) in [7, 11) is 0. The number of carbonyl (C=O) groups excluding carboxylic acids is 2. The maximum Gasteiger partial charge on any atom is 0.303 e. The van der Waals surface area contributed by atoms with Crippen molar-refractivity contribution in [3.8, 4) is 0 Å². The Balaban J connectivity index is 2.33. The van der Waals surface area contributed by atoms with Crippen LogP contribution >= 0.6 is 0 Å². The zero-order chi connectivity index (χ0) is 17.2. The third kappa shape index (κ3) is 8.60. The van der Waals surface area contributed by atoms with E-state index in [1.165, 1.54) is 0 Å². The molecule has 126 valence electrons. The lowest BCUT2D eigenvalue weighted by molar-refractivity contribution is -0.137. The Morgan fingerprint density at radius 2 is 1.70 bits per heavy atom. The fourth-order valence-corrected chi connectivity index (χ4v) is 1.90. The van der Waals surface area contributed by atoms with Gasteiger partial charge in [-0.25, -0.2) is 0 Å². The molecule has 0 aliphatic carbocycles. The number of carboxylic acids is 1. The zero-order valence-corrected chi connectivity index (χ0v) is 13.6. The molecule has 1 aromatic rings.